The summed E-state index contributed by atoms with van der Waals surface area (Å²) in [5, 5.41) is 11.8. The van der Waals surface area contributed by atoms with Gasteiger partial charge in [0.1, 0.15) is 35.0 Å². The van der Waals surface area contributed by atoms with Crippen LogP contribution >= 0.6 is 0 Å². The second kappa shape index (κ2) is 5.31. The van der Waals surface area contributed by atoms with Gasteiger partial charge in [0.15, 0.2) is 0 Å². The number of methoxy groups -OCH3 is 1. The van der Waals surface area contributed by atoms with Crippen molar-refractivity contribution in [3.63, 3.8) is 0 Å². The number of aryl methyl sites for hydroxylation is 1. The number of hydrogen-bond donors (Lipinski definition) is 1. The lowest BCUT2D eigenvalue weighted by molar-refractivity contribution is 0.416. The first-order valence-electron chi connectivity index (χ1n) is 5.48. The van der Waals surface area contributed by atoms with Crippen molar-refractivity contribution in [3.05, 3.63) is 41.6 Å². The van der Waals surface area contributed by atoms with E-state index in [4.69, 9.17) is 10.00 Å². The molecule has 6 heteroatoms. The van der Waals surface area contributed by atoms with Crippen LogP contribution in [0.3, 0.4) is 0 Å². The van der Waals surface area contributed by atoms with Crippen LogP contribution in [0.4, 0.5) is 15.9 Å². The molecule has 19 heavy (non-hydrogen) atoms. The molecule has 1 aromatic heterocycles. The Morgan fingerprint density at radius 2 is 2.11 bits per heavy atom. The summed E-state index contributed by atoms with van der Waals surface area (Å²) in [4.78, 5) is 8.07. The first kappa shape index (κ1) is 12.8. The van der Waals surface area contributed by atoms with Gasteiger partial charge < -0.3 is 10.1 Å². The molecule has 0 spiro atoms. The van der Waals surface area contributed by atoms with Gasteiger partial charge in [-0.05, 0) is 19.1 Å². The van der Waals surface area contributed by atoms with E-state index >= 15 is 0 Å². The van der Waals surface area contributed by atoms with Gasteiger partial charge in [0.25, 0.3) is 0 Å². The second-order valence-electron chi connectivity index (χ2n) is 3.77. The van der Waals surface area contributed by atoms with Crippen molar-refractivity contribution in [3.8, 4) is 11.8 Å². The molecule has 96 valence electrons. The van der Waals surface area contributed by atoms with Gasteiger partial charge in [-0.1, -0.05) is 0 Å². The Bertz CT molecular complexity index is 652. The minimum Gasteiger partial charge on any atom is -0.495 e. The maximum Gasteiger partial charge on any atom is 0.146 e. The summed E-state index contributed by atoms with van der Waals surface area (Å²) in [7, 11) is 1.49. The van der Waals surface area contributed by atoms with E-state index in [0.29, 0.717) is 23.1 Å². The van der Waals surface area contributed by atoms with Crippen molar-refractivity contribution in [1.29, 1.82) is 5.26 Å². The Balaban J connectivity index is 2.38. The predicted molar refractivity (Wildman–Crippen MR) is 67.7 cm³/mol. The lowest BCUT2D eigenvalue weighted by Gasteiger charge is -2.11. The molecular formula is C13H11FN4O. The molecule has 0 fully saturated rings. The number of aromatic nitrogens is 2. The number of benzene rings is 1. The number of rotatable bonds is 3. The molecular weight excluding hydrogens is 247 g/mol. The van der Waals surface area contributed by atoms with Gasteiger partial charge in [0.05, 0.1) is 12.8 Å². The van der Waals surface area contributed by atoms with Crippen molar-refractivity contribution in [2.24, 2.45) is 0 Å². The summed E-state index contributed by atoms with van der Waals surface area (Å²) in [5.41, 5.74) is 0.676. The molecule has 0 amide bonds. The molecule has 0 saturated heterocycles. The fraction of sp³-hybridized carbons (Fsp3) is 0.154. The van der Waals surface area contributed by atoms with Crippen LogP contribution < -0.4 is 10.1 Å². The van der Waals surface area contributed by atoms with Gasteiger partial charge in [0, 0.05) is 12.1 Å². The van der Waals surface area contributed by atoms with E-state index < -0.39 is 5.82 Å². The van der Waals surface area contributed by atoms with Gasteiger partial charge in [-0.2, -0.15) is 5.26 Å². The topological polar surface area (TPSA) is 70.8 Å². The molecule has 0 atom stereocenters. The number of nitrogens with one attached hydrogen (secondary N) is 1. The van der Waals surface area contributed by atoms with Crippen LogP contribution in [0.25, 0.3) is 0 Å². The summed E-state index contributed by atoms with van der Waals surface area (Å²) >= 11 is 0. The van der Waals surface area contributed by atoms with Crippen LogP contribution in [-0.2, 0) is 0 Å². The Kier molecular flexibility index (Phi) is 3.57. The number of ether oxygens (including phenoxy) is 1. The van der Waals surface area contributed by atoms with Crippen LogP contribution in [0.15, 0.2) is 24.3 Å². The van der Waals surface area contributed by atoms with E-state index in [1.165, 1.54) is 31.4 Å². The Morgan fingerprint density at radius 3 is 2.79 bits per heavy atom. The van der Waals surface area contributed by atoms with E-state index in [0.717, 1.165) is 0 Å². The Morgan fingerprint density at radius 1 is 1.32 bits per heavy atom. The smallest absolute Gasteiger partial charge is 0.146 e. The number of hydrogen-bond acceptors (Lipinski definition) is 5. The summed E-state index contributed by atoms with van der Waals surface area (Å²) in [5.74, 6) is 0.954. The first-order chi connectivity index (χ1) is 9.12. The maximum atomic E-state index is 13.2. The van der Waals surface area contributed by atoms with Crippen LogP contribution in [0.5, 0.6) is 5.75 Å². The van der Waals surface area contributed by atoms with Crippen molar-refractivity contribution in [1.82, 2.24) is 9.97 Å². The minimum atomic E-state index is -0.394. The first-order valence-corrected chi connectivity index (χ1v) is 5.48. The van der Waals surface area contributed by atoms with Crippen LogP contribution in [-0.4, -0.2) is 17.1 Å². The molecule has 0 aliphatic rings. The van der Waals surface area contributed by atoms with Gasteiger partial charge >= 0.3 is 0 Å². The quantitative estimate of drug-likeness (QED) is 0.916. The second-order valence-corrected chi connectivity index (χ2v) is 3.77. The summed E-state index contributed by atoms with van der Waals surface area (Å²) < 4.78 is 18.4. The molecule has 5 nitrogen and oxygen atoms in total. The third kappa shape index (κ3) is 2.96. The zero-order valence-corrected chi connectivity index (χ0v) is 10.4. The molecule has 0 saturated carbocycles. The fourth-order valence-corrected chi connectivity index (χ4v) is 1.60. The van der Waals surface area contributed by atoms with Gasteiger partial charge in [-0.25, -0.2) is 14.4 Å². The molecule has 2 aromatic rings. The van der Waals surface area contributed by atoms with E-state index in [1.54, 1.807) is 6.92 Å². The zero-order chi connectivity index (χ0) is 13.8. The number of halogens is 1. The lowest BCUT2D eigenvalue weighted by atomic mass is 10.2. The number of anilines is 2. The van der Waals surface area contributed by atoms with Gasteiger partial charge in [0.2, 0.25) is 0 Å². The van der Waals surface area contributed by atoms with Crippen molar-refractivity contribution < 1.29 is 9.13 Å². The average Bonchev–Trinajstić information content (AvgIpc) is 2.38. The average molecular weight is 258 g/mol. The number of nitrogens with zero attached hydrogens (tertiary/aromatic N) is 3. The van der Waals surface area contributed by atoms with Crippen LogP contribution in [0.2, 0.25) is 0 Å². The van der Waals surface area contributed by atoms with Gasteiger partial charge in [-0.3, -0.25) is 0 Å². The van der Waals surface area contributed by atoms with Crippen LogP contribution in [0.1, 0.15) is 11.5 Å². The molecule has 0 radical (unpaired) electrons. The van der Waals surface area contributed by atoms with E-state index in [2.05, 4.69) is 15.3 Å². The molecule has 1 aromatic carbocycles. The molecule has 1 N–H and O–H groups in total. The monoisotopic (exact) mass is 258 g/mol. The maximum absolute atomic E-state index is 13.2. The SMILES string of the molecule is COc1ccc(F)cc1Nc1cc(C#N)nc(C)n1. The standard InChI is InChI=1S/C13H11FN4O/c1-8-16-10(7-15)6-13(17-8)18-11-5-9(14)3-4-12(11)19-2/h3-6H,1-2H3,(H,16,17,18). The molecule has 0 unspecified atom stereocenters. The third-order valence-electron chi connectivity index (χ3n) is 2.38. The van der Waals surface area contributed by atoms with Crippen LogP contribution in [0, 0.1) is 24.1 Å². The summed E-state index contributed by atoms with van der Waals surface area (Å²) in [6.45, 7) is 1.68. The molecule has 0 aliphatic carbocycles. The Hall–Kier alpha value is -2.68. The highest BCUT2D eigenvalue weighted by molar-refractivity contribution is 5.64. The highest BCUT2D eigenvalue weighted by Gasteiger charge is 2.07. The van der Waals surface area contributed by atoms with E-state index in [-0.39, 0.29) is 5.69 Å². The van der Waals surface area contributed by atoms with E-state index in [9.17, 15) is 4.39 Å². The zero-order valence-electron chi connectivity index (χ0n) is 10.4. The van der Waals surface area contributed by atoms with Gasteiger partial charge in [-0.15, -0.1) is 0 Å². The van der Waals surface area contributed by atoms with Crippen molar-refractivity contribution in [2.75, 3.05) is 12.4 Å². The molecule has 1 heterocycles. The summed E-state index contributed by atoms with van der Waals surface area (Å²) in [6.07, 6.45) is 0. The third-order valence-corrected chi connectivity index (χ3v) is 2.38. The normalized spacial score (nSPS) is 9.79. The lowest BCUT2D eigenvalue weighted by Crippen LogP contribution is -2.01. The Labute approximate surface area is 109 Å². The van der Waals surface area contributed by atoms with E-state index in [1.807, 2.05) is 6.07 Å². The highest BCUT2D eigenvalue weighted by atomic mass is 19.1. The van der Waals surface area contributed by atoms with Crippen molar-refractivity contribution in [2.45, 2.75) is 6.92 Å². The molecule has 0 aliphatic heterocycles. The fourth-order valence-electron chi connectivity index (χ4n) is 1.60. The largest absolute Gasteiger partial charge is 0.495 e. The highest BCUT2D eigenvalue weighted by Crippen LogP contribution is 2.27. The molecule has 0 bridgehead atoms. The molecule has 2 rings (SSSR count). The minimum absolute atomic E-state index is 0.241. The van der Waals surface area contributed by atoms with Crippen molar-refractivity contribution >= 4 is 11.5 Å². The predicted octanol–water partition coefficient (Wildman–Crippen LogP) is 2.55. The number of nitriles is 1. The summed E-state index contributed by atoms with van der Waals surface area (Å²) in [6, 6.07) is 7.53.